The van der Waals surface area contributed by atoms with E-state index in [-0.39, 0.29) is 18.1 Å². The first kappa shape index (κ1) is 13.4. The minimum absolute atomic E-state index is 0.0168. The number of ether oxygens (including phenoxy) is 1. The Balaban J connectivity index is 2.24. The fraction of sp³-hybridized carbons (Fsp3) is 0.909. The normalized spacial score (nSPS) is 24.1. The Hall–Kier alpha value is -0.650. The van der Waals surface area contributed by atoms with Gasteiger partial charge in [-0.3, -0.25) is 9.69 Å². The van der Waals surface area contributed by atoms with Crippen LogP contribution in [0.2, 0.25) is 0 Å². The van der Waals surface area contributed by atoms with Gasteiger partial charge in [-0.15, -0.1) is 0 Å². The number of amides is 1. The predicted octanol–water partition coefficient (Wildman–Crippen LogP) is -0.569. The molecule has 1 rings (SSSR count). The molecular weight excluding hydrogens is 206 g/mol. The van der Waals surface area contributed by atoms with Crippen molar-refractivity contribution >= 4 is 5.91 Å². The van der Waals surface area contributed by atoms with Gasteiger partial charge in [0.25, 0.3) is 0 Å². The number of nitrogens with zero attached hydrogens (tertiary/aromatic N) is 1. The largest absolute Gasteiger partial charge is 0.374 e. The van der Waals surface area contributed by atoms with Gasteiger partial charge in [0.15, 0.2) is 0 Å². The van der Waals surface area contributed by atoms with Crippen molar-refractivity contribution < 1.29 is 9.53 Å². The van der Waals surface area contributed by atoms with Crippen molar-refractivity contribution in [2.75, 3.05) is 39.8 Å². The zero-order valence-corrected chi connectivity index (χ0v) is 10.5. The Morgan fingerprint density at radius 1 is 1.62 bits per heavy atom. The molecule has 0 bridgehead atoms. The molecule has 0 spiro atoms. The molecule has 2 atom stereocenters. The molecule has 16 heavy (non-hydrogen) atoms. The van der Waals surface area contributed by atoms with Gasteiger partial charge in [-0.2, -0.15) is 0 Å². The second-order valence-corrected chi connectivity index (χ2v) is 4.13. The summed E-state index contributed by atoms with van der Waals surface area (Å²) in [5.74, 6) is 0.0168. The minimum atomic E-state index is -0.161. The van der Waals surface area contributed by atoms with Crippen molar-refractivity contribution in [1.29, 1.82) is 0 Å². The monoisotopic (exact) mass is 229 g/mol. The van der Waals surface area contributed by atoms with E-state index in [0.29, 0.717) is 0 Å². The number of hydrogen-bond donors (Lipinski definition) is 2. The number of carbonyl (C=O) groups is 1. The van der Waals surface area contributed by atoms with Gasteiger partial charge in [0, 0.05) is 26.7 Å². The molecule has 5 heteroatoms. The maximum Gasteiger partial charge on any atom is 0.236 e. The summed E-state index contributed by atoms with van der Waals surface area (Å²) in [5.41, 5.74) is 0. The first-order valence-corrected chi connectivity index (χ1v) is 5.96. The van der Waals surface area contributed by atoms with E-state index in [1.165, 1.54) is 0 Å². The highest BCUT2D eigenvalue weighted by molar-refractivity contribution is 5.80. The van der Waals surface area contributed by atoms with Crippen LogP contribution in [0, 0.1) is 0 Å². The van der Waals surface area contributed by atoms with E-state index in [1.54, 1.807) is 7.05 Å². The molecule has 0 aromatic rings. The van der Waals surface area contributed by atoms with Crippen LogP contribution in [-0.4, -0.2) is 62.8 Å². The Kier molecular flexibility index (Phi) is 5.73. The lowest BCUT2D eigenvalue weighted by atomic mass is 10.2. The molecule has 1 aliphatic heterocycles. The number of nitrogens with one attached hydrogen (secondary N) is 2. The van der Waals surface area contributed by atoms with Gasteiger partial charge in [0.1, 0.15) is 0 Å². The third-order valence-electron chi connectivity index (χ3n) is 2.96. The number of hydrogen-bond acceptors (Lipinski definition) is 4. The third-order valence-corrected chi connectivity index (χ3v) is 2.96. The van der Waals surface area contributed by atoms with E-state index in [0.717, 1.165) is 32.8 Å². The first-order chi connectivity index (χ1) is 7.67. The van der Waals surface area contributed by atoms with Crippen molar-refractivity contribution in [2.24, 2.45) is 0 Å². The predicted molar refractivity (Wildman–Crippen MR) is 63.4 cm³/mol. The van der Waals surface area contributed by atoms with Crippen LogP contribution in [0.1, 0.15) is 13.8 Å². The maximum atomic E-state index is 11.3. The van der Waals surface area contributed by atoms with Gasteiger partial charge < -0.3 is 15.4 Å². The van der Waals surface area contributed by atoms with E-state index in [4.69, 9.17) is 4.74 Å². The van der Waals surface area contributed by atoms with E-state index in [1.807, 2.05) is 6.92 Å². The zero-order chi connectivity index (χ0) is 12.0. The molecule has 2 N–H and O–H groups in total. The standard InChI is InChI=1S/C11H23N3O2/c1-4-14-5-6-16-10(8-14)7-13-9(2)11(15)12-3/h9-10,13H,4-8H2,1-3H3,(H,12,15). The average molecular weight is 229 g/mol. The molecule has 0 radical (unpaired) electrons. The fourth-order valence-electron chi connectivity index (χ4n) is 1.81. The fourth-order valence-corrected chi connectivity index (χ4v) is 1.81. The smallest absolute Gasteiger partial charge is 0.236 e. The van der Waals surface area contributed by atoms with Crippen molar-refractivity contribution in [1.82, 2.24) is 15.5 Å². The van der Waals surface area contributed by atoms with Crippen LogP contribution in [0.4, 0.5) is 0 Å². The highest BCUT2D eigenvalue weighted by atomic mass is 16.5. The number of likely N-dealkylation sites (N-methyl/N-ethyl adjacent to an activating group) is 2. The summed E-state index contributed by atoms with van der Waals surface area (Å²) < 4.78 is 5.64. The van der Waals surface area contributed by atoms with Gasteiger partial charge in [0.2, 0.25) is 5.91 Å². The van der Waals surface area contributed by atoms with E-state index in [9.17, 15) is 4.79 Å². The molecule has 0 aliphatic carbocycles. The van der Waals surface area contributed by atoms with Crippen LogP contribution >= 0.6 is 0 Å². The summed E-state index contributed by atoms with van der Waals surface area (Å²) in [6.45, 7) is 8.55. The molecule has 1 heterocycles. The van der Waals surface area contributed by atoms with Crippen LogP contribution < -0.4 is 10.6 Å². The van der Waals surface area contributed by atoms with Crippen LogP contribution in [0.25, 0.3) is 0 Å². The summed E-state index contributed by atoms with van der Waals surface area (Å²) in [6, 6.07) is -0.161. The topological polar surface area (TPSA) is 53.6 Å². The third kappa shape index (κ3) is 4.08. The maximum absolute atomic E-state index is 11.3. The molecule has 1 saturated heterocycles. The summed E-state index contributed by atoms with van der Waals surface area (Å²) in [6.07, 6.45) is 0.195. The van der Waals surface area contributed by atoms with Crippen molar-refractivity contribution in [3.8, 4) is 0 Å². The quantitative estimate of drug-likeness (QED) is 0.663. The lowest BCUT2D eigenvalue weighted by molar-refractivity contribution is -0.122. The average Bonchev–Trinajstić information content (AvgIpc) is 2.35. The Bertz CT molecular complexity index is 223. The molecule has 1 amide bonds. The van der Waals surface area contributed by atoms with E-state index < -0.39 is 0 Å². The second-order valence-electron chi connectivity index (χ2n) is 4.13. The van der Waals surface area contributed by atoms with Crippen LogP contribution in [0.5, 0.6) is 0 Å². The SMILES string of the molecule is CCN1CCOC(CNC(C)C(=O)NC)C1. The molecule has 1 fully saturated rings. The van der Waals surface area contributed by atoms with Gasteiger partial charge >= 0.3 is 0 Å². The first-order valence-electron chi connectivity index (χ1n) is 5.96. The van der Waals surface area contributed by atoms with Crippen LogP contribution in [0.3, 0.4) is 0 Å². The van der Waals surface area contributed by atoms with Crippen LogP contribution in [-0.2, 0) is 9.53 Å². The lowest BCUT2D eigenvalue weighted by Crippen LogP contribution is -2.50. The van der Waals surface area contributed by atoms with Crippen molar-refractivity contribution in [3.05, 3.63) is 0 Å². The summed E-state index contributed by atoms with van der Waals surface area (Å²) in [4.78, 5) is 13.6. The second kappa shape index (κ2) is 6.83. The highest BCUT2D eigenvalue weighted by Gasteiger charge is 2.20. The van der Waals surface area contributed by atoms with E-state index in [2.05, 4.69) is 22.5 Å². The molecule has 1 aliphatic rings. The Labute approximate surface area is 97.5 Å². The van der Waals surface area contributed by atoms with Gasteiger partial charge in [-0.1, -0.05) is 6.92 Å². The molecule has 2 unspecified atom stereocenters. The molecule has 5 nitrogen and oxygen atoms in total. The minimum Gasteiger partial charge on any atom is -0.374 e. The summed E-state index contributed by atoms with van der Waals surface area (Å²) in [7, 11) is 1.65. The van der Waals surface area contributed by atoms with Gasteiger partial charge in [-0.05, 0) is 13.5 Å². The summed E-state index contributed by atoms with van der Waals surface area (Å²) in [5, 5.41) is 5.80. The summed E-state index contributed by atoms with van der Waals surface area (Å²) >= 11 is 0. The highest BCUT2D eigenvalue weighted by Crippen LogP contribution is 2.03. The number of carbonyl (C=O) groups excluding carboxylic acids is 1. The Morgan fingerprint density at radius 3 is 3.00 bits per heavy atom. The van der Waals surface area contributed by atoms with E-state index >= 15 is 0 Å². The molecular formula is C11H23N3O2. The lowest BCUT2D eigenvalue weighted by Gasteiger charge is -2.32. The van der Waals surface area contributed by atoms with Crippen molar-refractivity contribution in [3.63, 3.8) is 0 Å². The molecule has 0 aromatic heterocycles. The molecule has 0 saturated carbocycles. The molecule has 94 valence electrons. The number of rotatable bonds is 5. The zero-order valence-electron chi connectivity index (χ0n) is 10.5. The van der Waals surface area contributed by atoms with Gasteiger partial charge in [-0.25, -0.2) is 0 Å². The molecule has 0 aromatic carbocycles. The number of morpholine rings is 1. The Morgan fingerprint density at radius 2 is 2.38 bits per heavy atom. The van der Waals surface area contributed by atoms with Crippen LogP contribution in [0.15, 0.2) is 0 Å². The van der Waals surface area contributed by atoms with Crippen molar-refractivity contribution in [2.45, 2.75) is 26.0 Å². The van der Waals surface area contributed by atoms with Gasteiger partial charge in [0.05, 0.1) is 18.8 Å².